The Bertz CT molecular complexity index is 260. The van der Waals surface area contributed by atoms with E-state index in [0.717, 1.165) is 6.42 Å². The van der Waals surface area contributed by atoms with E-state index in [1.807, 2.05) is 6.92 Å². The van der Waals surface area contributed by atoms with Crippen LogP contribution in [0.25, 0.3) is 0 Å². The Balaban J connectivity index is 2.51. The average Bonchev–Trinajstić information content (AvgIpc) is 2.97. The number of carboxylic acids is 1. The number of carbonyl (C=O) groups excluding carboxylic acids is 1. The van der Waals surface area contributed by atoms with Crippen LogP contribution >= 0.6 is 0 Å². The van der Waals surface area contributed by atoms with Crippen molar-refractivity contribution >= 4 is 11.9 Å². The summed E-state index contributed by atoms with van der Waals surface area (Å²) in [5.41, 5.74) is -1.15. The first-order chi connectivity index (χ1) is 7.06. The van der Waals surface area contributed by atoms with Gasteiger partial charge in [0.1, 0.15) is 5.41 Å². The Morgan fingerprint density at radius 1 is 1.53 bits per heavy atom. The molecule has 1 atom stereocenters. The van der Waals surface area contributed by atoms with E-state index in [1.165, 1.54) is 0 Å². The molecule has 1 rings (SSSR count). The van der Waals surface area contributed by atoms with Gasteiger partial charge in [-0.05, 0) is 19.3 Å². The third-order valence-corrected chi connectivity index (χ3v) is 2.79. The second-order valence-corrected chi connectivity index (χ2v) is 3.92. The molecule has 0 bridgehead atoms. The Morgan fingerprint density at radius 3 is 2.47 bits per heavy atom. The molecule has 15 heavy (non-hydrogen) atoms. The maximum Gasteiger partial charge on any atom is 0.319 e. The third kappa shape index (κ3) is 2.47. The lowest BCUT2D eigenvalue weighted by atomic mass is 10.1. The summed E-state index contributed by atoms with van der Waals surface area (Å²) in [7, 11) is 1.55. The van der Waals surface area contributed by atoms with Crippen LogP contribution in [0.15, 0.2) is 0 Å². The van der Waals surface area contributed by atoms with Crippen LogP contribution in [0.2, 0.25) is 0 Å². The van der Waals surface area contributed by atoms with Gasteiger partial charge in [0.15, 0.2) is 0 Å². The third-order valence-electron chi connectivity index (χ3n) is 2.79. The average molecular weight is 215 g/mol. The van der Waals surface area contributed by atoms with Gasteiger partial charge < -0.3 is 15.2 Å². The summed E-state index contributed by atoms with van der Waals surface area (Å²) < 4.78 is 4.93. The molecule has 1 saturated carbocycles. The minimum atomic E-state index is -1.15. The zero-order chi connectivity index (χ0) is 11.5. The minimum absolute atomic E-state index is 0.0978. The standard InChI is InChI=1S/C10H17NO4/c1-3-7(6-15-2)11-8(12)10(4-5-10)9(13)14/h7H,3-6H2,1-2H3,(H,11,12)(H,13,14). The van der Waals surface area contributed by atoms with E-state index in [2.05, 4.69) is 5.32 Å². The topological polar surface area (TPSA) is 75.6 Å². The molecule has 1 amide bonds. The highest BCUT2D eigenvalue weighted by Crippen LogP contribution is 2.46. The molecule has 5 nitrogen and oxygen atoms in total. The van der Waals surface area contributed by atoms with Gasteiger partial charge in [-0.3, -0.25) is 9.59 Å². The van der Waals surface area contributed by atoms with E-state index >= 15 is 0 Å². The number of hydrogen-bond donors (Lipinski definition) is 2. The molecule has 0 spiro atoms. The van der Waals surface area contributed by atoms with Gasteiger partial charge >= 0.3 is 5.97 Å². The van der Waals surface area contributed by atoms with Crippen LogP contribution in [0.5, 0.6) is 0 Å². The lowest BCUT2D eigenvalue weighted by molar-refractivity contribution is -0.149. The van der Waals surface area contributed by atoms with Crippen molar-refractivity contribution in [3.05, 3.63) is 0 Å². The highest BCUT2D eigenvalue weighted by Gasteiger charge is 2.57. The van der Waals surface area contributed by atoms with Crippen LogP contribution in [0.4, 0.5) is 0 Å². The molecular weight excluding hydrogens is 198 g/mol. The molecule has 1 fully saturated rings. The van der Waals surface area contributed by atoms with Crippen molar-refractivity contribution in [3.8, 4) is 0 Å². The molecule has 86 valence electrons. The van der Waals surface area contributed by atoms with Crippen molar-refractivity contribution in [2.45, 2.75) is 32.2 Å². The molecule has 0 aliphatic heterocycles. The number of methoxy groups -OCH3 is 1. The van der Waals surface area contributed by atoms with Crippen LogP contribution in [-0.2, 0) is 14.3 Å². The van der Waals surface area contributed by atoms with E-state index in [9.17, 15) is 9.59 Å². The van der Waals surface area contributed by atoms with Crippen molar-refractivity contribution in [1.29, 1.82) is 0 Å². The van der Waals surface area contributed by atoms with Gasteiger partial charge in [0, 0.05) is 7.11 Å². The van der Waals surface area contributed by atoms with E-state index in [0.29, 0.717) is 19.4 Å². The smallest absolute Gasteiger partial charge is 0.319 e. The number of ether oxygens (including phenoxy) is 1. The summed E-state index contributed by atoms with van der Waals surface area (Å²) in [5, 5.41) is 11.6. The normalized spacial score (nSPS) is 19.3. The van der Waals surface area contributed by atoms with Gasteiger partial charge in [-0.15, -0.1) is 0 Å². The predicted molar refractivity (Wildman–Crippen MR) is 53.4 cm³/mol. The monoisotopic (exact) mass is 215 g/mol. The van der Waals surface area contributed by atoms with Gasteiger partial charge in [0.2, 0.25) is 5.91 Å². The van der Waals surface area contributed by atoms with Crippen molar-refractivity contribution in [2.24, 2.45) is 5.41 Å². The van der Waals surface area contributed by atoms with Gasteiger partial charge in [-0.25, -0.2) is 0 Å². The van der Waals surface area contributed by atoms with Gasteiger partial charge in [0.25, 0.3) is 0 Å². The molecule has 2 N–H and O–H groups in total. The van der Waals surface area contributed by atoms with Crippen molar-refractivity contribution in [2.75, 3.05) is 13.7 Å². The Morgan fingerprint density at radius 2 is 2.13 bits per heavy atom. The SMILES string of the molecule is CCC(COC)NC(=O)C1(C(=O)O)CC1. The number of carbonyl (C=O) groups is 2. The van der Waals surface area contributed by atoms with Crippen LogP contribution in [0, 0.1) is 5.41 Å². The Hall–Kier alpha value is -1.10. The van der Waals surface area contributed by atoms with Gasteiger partial charge in [-0.2, -0.15) is 0 Å². The molecular formula is C10H17NO4. The van der Waals surface area contributed by atoms with Crippen LogP contribution < -0.4 is 5.32 Å². The lowest BCUT2D eigenvalue weighted by Crippen LogP contribution is -2.44. The highest BCUT2D eigenvalue weighted by molar-refractivity contribution is 6.04. The molecule has 1 unspecified atom stereocenters. The quantitative estimate of drug-likeness (QED) is 0.628. The van der Waals surface area contributed by atoms with E-state index < -0.39 is 11.4 Å². The second-order valence-electron chi connectivity index (χ2n) is 3.92. The molecule has 0 aromatic carbocycles. The number of amides is 1. The zero-order valence-corrected chi connectivity index (χ0v) is 9.08. The molecule has 0 radical (unpaired) electrons. The first-order valence-electron chi connectivity index (χ1n) is 5.10. The van der Waals surface area contributed by atoms with Gasteiger partial charge in [0.05, 0.1) is 12.6 Å². The van der Waals surface area contributed by atoms with Crippen molar-refractivity contribution < 1.29 is 19.4 Å². The number of carboxylic acid groups (broad SMARTS) is 1. The van der Waals surface area contributed by atoms with E-state index in [1.54, 1.807) is 7.11 Å². The van der Waals surface area contributed by atoms with Crippen LogP contribution in [-0.4, -0.2) is 36.7 Å². The molecule has 0 aromatic heterocycles. The molecule has 1 aliphatic carbocycles. The molecule has 1 aliphatic rings. The van der Waals surface area contributed by atoms with Crippen molar-refractivity contribution in [1.82, 2.24) is 5.32 Å². The summed E-state index contributed by atoms with van der Waals surface area (Å²) >= 11 is 0. The Kier molecular flexibility index (Phi) is 3.68. The summed E-state index contributed by atoms with van der Waals surface area (Å²) in [6, 6.07) is -0.0978. The number of nitrogens with one attached hydrogen (secondary N) is 1. The predicted octanol–water partition coefficient (Wildman–Crippen LogP) is 0.392. The minimum Gasteiger partial charge on any atom is -0.480 e. The second kappa shape index (κ2) is 4.61. The fourth-order valence-electron chi connectivity index (χ4n) is 1.45. The van der Waals surface area contributed by atoms with Crippen LogP contribution in [0.1, 0.15) is 26.2 Å². The summed E-state index contributed by atoms with van der Waals surface area (Å²) in [4.78, 5) is 22.5. The molecule has 0 heterocycles. The summed E-state index contributed by atoms with van der Waals surface area (Å²) in [5.74, 6) is -1.40. The first kappa shape index (κ1) is 12.0. The molecule has 0 saturated heterocycles. The first-order valence-corrected chi connectivity index (χ1v) is 5.10. The van der Waals surface area contributed by atoms with E-state index in [4.69, 9.17) is 9.84 Å². The lowest BCUT2D eigenvalue weighted by Gasteiger charge is -2.18. The molecule has 0 aromatic rings. The number of hydrogen-bond acceptors (Lipinski definition) is 3. The summed E-state index contributed by atoms with van der Waals surface area (Å²) in [6.45, 7) is 2.34. The van der Waals surface area contributed by atoms with Crippen molar-refractivity contribution in [3.63, 3.8) is 0 Å². The summed E-state index contributed by atoms with van der Waals surface area (Å²) in [6.07, 6.45) is 1.62. The maximum absolute atomic E-state index is 11.7. The maximum atomic E-state index is 11.7. The number of rotatable bonds is 6. The van der Waals surface area contributed by atoms with Gasteiger partial charge in [-0.1, -0.05) is 6.92 Å². The zero-order valence-electron chi connectivity index (χ0n) is 9.08. The Labute approximate surface area is 88.8 Å². The number of aliphatic carboxylic acids is 1. The fraction of sp³-hybridized carbons (Fsp3) is 0.800. The molecule has 5 heteroatoms. The highest BCUT2D eigenvalue weighted by atomic mass is 16.5. The fourth-order valence-corrected chi connectivity index (χ4v) is 1.45. The van der Waals surface area contributed by atoms with Crippen LogP contribution in [0.3, 0.4) is 0 Å². The van der Waals surface area contributed by atoms with E-state index in [-0.39, 0.29) is 11.9 Å². The largest absolute Gasteiger partial charge is 0.480 e.